The SMILES string of the molecule is C=C(CC(=O)O)/C(=C\C=C(/C)CC(C)C(=O)O)OOc1cc(O)c(-c2ccc(C)cc2)cc1CC. The maximum Gasteiger partial charge on any atom is 0.307 e. The minimum atomic E-state index is -1.08. The van der Waals surface area contributed by atoms with E-state index in [1.54, 1.807) is 19.9 Å². The van der Waals surface area contributed by atoms with Crippen molar-refractivity contribution in [2.45, 2.75) is 47.0 Å². The van der Waals surface area contributed by atoms with Crippen molar-refractivity contribution in [1.82, 2.24) is 0 Å². The number of aromatic hydroxyl groups is 1. The van der Waals surface area contributed by atoms with Crippen molar-refractivity contribution in [2.75, 3.05) is 0 Å². The van der Waals surface area contributed by atoms with Gasteiger partial charge in [0.05, 0.1) is 12.3 Å². The summed E-state index contributed by atoms with van der Waals surface area (Å²) in [6, 6.07) is 11.1. The summed E-state index contributed by atoms with van der Waals surface area (Å²) in [5.41, 5.74) is 4.35. The van der Waals surface area contributed by atoms with Crippen molar-refractivity contribution < 1.29 is 34.7 Å². The molecule has 0 fully saturated rings. The van der Waals surface area contributed by atoms with Crippen molar-refractivity contribution in [3.8, 4) is 22.6 Å². The quantitative estimate of drug-likeness (QED) is 0.143. The van der Waals surface area contributed by atoms with Gasteiger partial charge < -0.3 is 15.3 Å². The molecule has 0 saturated heterocycles. The Bertz CT molecular complexity index is 1140. The van der Waals surface area contributed by atoms with Gasteiger partial charge in [-0.2, -0.15) is 0 Å². The van der Waals surface area contributed by atoms with Crippen LogP contribution in [0.25, 0.3) is 11.1 Å². The van der Waals surface area contributed by atoms with Crippen LogP contribution in [0.5, 0.6) is 11.5 Å². The van der Waals surface area contributed by atoms with Crippen LogP contribution in [0.2, 0.25) is 0 Å². The third kappa shape index (κ3) is 8.07. The van der Waals surface area contributed by atoms with Gasteiger partial charge >= 0.3 is 11.9 Å². The van der Waals surface area contributed by atoms with Crippen LogP contribution in [-0.2, 0) is 20.9 Å². The Labute approximate surface area is 205 Å². The van der Waals surface area contributed by atoms with Crippen LogP contribution in [0.3, 0.4) is 0 Å². The first kappa shape index (κ1) is 27.2. The molecule has 35 heavy (non-hydrogen) atoms. The number of aryl methyl sites for hydroxylation is 2. The van der Waals surface area contributed by atoms with Crippen LogP contribution >= 0.6 is 0 Å². The highest BCUT2D eigenvalue weighted by atomic mass is 17.2. The molecule has 0 aliphatic heterocycles. The Kier molecular flexibility index (Phi) is 9.70. The number of phenolic OH excluding ortho intramolecular Hbond substituents is 1. The van der Waals surface area contributed by atoms with E-state index in [1.165, 1.54) is 12.1 Å². The van der Waals surface area contributed by atoms with Crippen molar-refractivity contribution in [1.29, 1.82) is 0 Å². The van der Waals surface area contributed by atoms with E-state index in [1.807, 2.05) is 44.2 Å². The topological polar surface area (TPSA) is 113 Å². The number of aliphatic carboxylic acids is 2. The minimum absolute atomic E-state index is 0.0120. The number of hydrogen-bond donors (Lipinski definition) is 3. The first-order valence-electron chi connectivity index (χ1n) is 11.3. The Balaban J connectivity index is 2.31. The average Bonchev–Trinajstić information content (AvgIpc) is 2.79. The number of benzene rings is 2. The van der Waals surface area contributed by atoms with Gasteiger partial charge in [-0.25, -0.2) is 0 Å². The third-order valence-corrected chi connectivity index (χ3v) is 5.43. The maximum absolute atomic E-state index is 11.2. The summed E-state index contributed by atoms with van der Waals surface area (Å²) in [7, 11) is 0. The molecule has 7 nitrogen and oxygen atoms in total. The third-order valence-electron chi connectivity index (χ3n) is 5.43. The van der Waals surface area contributed by atoms with E-state index >= 15 is 0 Å². The zero-order chi connectivity index (χ0) is 26.1. The van der Waals surface area contributed by atoms with Crippen LogP contribution in [0.1, 0.15) is 44.7 Å². The van der Waals surface area contributed by atoms with Crippen LogP contribution in [0.15, 0.2) is 72.0 Å². The number of carboxylic acid groups (broad SMARTS) is 2. The highest BCUT2D eigenvalue weighted by molar-refractivity contribution is 5.73. The Morgan fingerprint density at radius 3 is 2.34 bits per heavy atom. The zero-order valence-corrected chi connectivity index (χ0v) is 20.5. The van der Waals surface area contributed by atoms with E-state index in [4.69, 9.17) is 20.0 Å². The average molecular weight is 481 g/mol. The highest BCUT2D eigenvalue weighted by Gasteiger charge is 2.16. The minimum Gasteiger partial charge on any atom is -0.507 e. The monoisotopic (exact) mass is 480 g/mol. The van der Waals surface area contributed by atoms with E-state index < -0.39 is 17.9 Å². The fourth-order valence-corrected chi connectivity index (χ4v) is 3.35. The first-order valence-corrected chi connectivity index (χ1v) is 11.3. The molecule has 186 valence electrons. The number of rotatable bonds is 12. The standard InChI is InChI=1S/C28H32O7/c1-6-21-15-23(22-10-7-17(2)8-11-22)24(29)16-26(21)35-34-25(19(4)14-27(30)31)12-9-18(3)13-20(5)28(32)33/h7-12,15-16,20,29H,4,6,13-14H2,1-3,5H3,(H,30,31)(H,32,33)/b18-9+,25-12+. The summed E-state index contributed by atoms with van der Waals surface area (Å²) >= 11 is 0. The van der Waals surface area contributed by atoms with Gasteiger partial charge in [-0.1, -0.05) is 61.9 Å². The second-order valence-electron chi connectivity index (χ2n) is 8.52. The van der Waals surface area contributed by atoms with E-state index in [0.29, 0.717) is 18.4 Å². The molecule has 0 spiro atoms. The molecule has 0 amide bonds. The highest BCUT2D eigenvalue weighted by Crippen LogP contribution is 2.36. The molecule has 0 bridgehead atoms. The molecule has 0 aromatic heterocycles. The molecular weight excluding hydrogens is 448 g/mol. The predicted molar refractivity (Wildman–Crippen MR) is 134 cm³/mol. The van der Waals surface area contributed by atoms with E-state index in [9.17, 15) is 14.7 Å². The van der Waals surface area contributed by atoms with Crippen LogP contribution in [0.4, 0.5) is 0 Å². The van der Waals surface area contributed by atoms with Crippen LogP contribution in [-0.4, -0.2) is 27.3 Å². The molecule has 2 aromatic rings. The molecule has 1 unspecified atom stereocenters. The number of phenols is 1. The fourth-order valence-electron chi connectivity index (χ4n) is 3.35. The molecule has 2 aromatic carbocycles. The molecule has 7 heteroatoms. The summed E-state index contributed by atoms with van der Waals surface area (Å²) in [6.07, 6.45) is 3.69. The summed E-state index contributed by atoms with van der Waals surface area (Å²) < 4.78 is 0. The molecule has 0 heterocycles. The second-order valence-corrected chi connectivity index (χ2v) is 8.52. The van der Waals surface area contributed by atoms with Gasteiger partial charge in [-0.3, -0.25) is 19.4 Å². The summed E-state index contributed by atoms with van der Waals surface area (Å²) in [4.78, 5) is 33.3. The van der Waals surface area contributed by atoms with Gasteiger partial charge in [0.1, 0.15) is 5.75 Å². The molecule has 0 aliphatic carbocycles. The fraction of sp³-hybridized carbons (Fsp3) is 0.286. The van der Waals surface area contributed by atoms with E-state index in [0.717, 1.165) is 22.3 Å². The lowest BCUT2D eigenvalue weighted by Crippen LogP contribution is -2.09. The molecule has 3 N–H and O–H groups in total. The summed E-state index contributed by atoms with van der Waals surface area (Å²) in [5, 5.41) is 28.9. The van der Waals surface area contributed by atoms with E-state index in [2.05, 4.69) is 6.58 Å². The van der Waals surface area contributed by atoms with Crippen molar-refractivity contribution in [3.05, 3.63) is 83.2 Å². The molecule has 2 rings (SSSR count). The normalized spacial score (nSPS) is 12.7. The second kappa shape index (κ2) is 12.5. The van der Waals surface area contributed by atoms with Gasteiger partial charge in [0.15, 0.2) is 11.5 Å². The molecule has 1 atom stereocenters. The number of hydrogen-bond acceptors (Lipinski definition) is 5. The van der Waals surface area contributed by atoms with Crippen molar-refractivity contribution in [2.24, 2.45) is 5.92 Å². The number of allylic oxidation sites excluding steroid dienone is 4. The Hall–Kier alpha value is -4.00. The van der Waals surface area contributed by atoms with Crippen LogP contribution in [0, 0.1) is 12.8 Å². The summed E-state index contributed by atoms with van der Waals surface area (Å²) in [6.45, 7) is 11.1. The van der Waals surface area contributed by atoms with Gasteiger partial charge in [0.2, 0.25) is 0 Å². The van der Waals surface area contributed by atoms with Crippen molar-refractivity contribution >= 4 is 11.9 Å². The molecule has 0 saturated carbocycles. The lowest BCUT2D eigenvalue weighted by Gasteiger charge is -2.15. The van der Waals surface area contributed by atoms with Gasteiger partial charge in [-0.05, 0) is 44.4 Å². The lowest BCUT2D eigenvalue weighted by atomic mass is 9.99. The van der Waals surface area contributed by atoms with Crippen molar-refractivity contribution in [3.63, 3.8) is 0 Å². The van der Waals surface area contributed by atoms with Gasteiger partial charge in [-0.15, -0.1) is 0 Å². The smallest absolute Gasteiger partial charge is 0.307 e. The van der Waals surface area contributed by atoms with Crippen LogP contribution < -0.4 is 4.89 Å². The summed E-state index contributed by atoms with van der Waals surface area (Å²) in [5.74, 6) is -2.17. The molecular formula is C28H32O7. The molecule has 0 aliphatic rings. The molecule has 0 radical (unpaired) electrons. The predicted octanol–water partition coefficient (Wildman–Crippen LogP) is 6.21. The zero-order valence-electron chi connectivity index (χ0n) is 20.5. The maximum atomic E-state index is 11.2. The number of carbonyl (C=O) groups is 2. The van der Waals surface area contributed by atoms with E-state index in [-0.39, 0.29) is 29.3 Å². The Morgan fingerprint density at radius 1 is 1.11 bits per heavy atom. The van der Waals surface area contributed by atoms with Gasteiger partial charge in [0, 0.05) is 22.8 Å². The van der Waals surface area contributed by atoms with Gasteiger partial charge in [0.25, 0.3) is 0 Å². The first-order chi connectivity index (χ1) is 16.5. The Morgan fingerprint density at radius 2 is 1.77 bits per heavy atom. The largest absolute Gasteiger partial charge is 0.507 e. The number of carboxylic acids is 2. The lowest BCUT2D eigenvalue weighted by molar-refractivity contribution is -0.164.